The van der Waals surface area contributed by atoms with E-state index in [0.717, 1.165) is 18.8 Å². The van der Waals surface area contributed by atoms with Gasteiger partial charge in [0.2, 0.25) is 4.47 Å². The van der Waals surface area contributed by atoms with Gasteiger partial charge in [-0.05, 0) is 24.4 Å². The number of nitrogens with zero attached hydrogens (tertiary/aromatic N) is 5. The van der Waals surface area contributed by atoms with Crippen LogP contribution in [0.3, 0.4) is 0 Å². The third-order valence-corrected chi connectivity index (χ3v) is 4.06. The molecule has 0 bridgehead atoms. The van der Waals surface area contributed by atoms with E-state index in [9.17, 15) is 4.79 Å². The Morgan fingerprint density at radius 1 is 1.32 bits per heavy atom. The molecule has 0 spiro atoms. The highest BCUT2D eigenvalue weighted by Crippen LogP contribution is 2.18. The number of rotatable bonds is 3. The van der Waals surface area contributed by atoms with Gasteiger partial charge in [0.15, 0.2) is 0 Å². The van der Waals surface area contributed by atoms with E-state index in [4.69, 9.17) is 11.6 Å². The van der Waals surface area contributed by atoms with Crippen LogP contribution in [0.4, 0.5) is 5.69 Å². The Morgan fingerprint density at radius 3 is 2.74 bits per heavy atom. The second-order valence-electron chi connectivity index (χ2n) is 4.35. The fourth-order valence-corrected chi connectivity index (χ4v) is 2.97. The summed E-state index contributed by atoms with van der Waals surface area (Å²) < 4.78 is 1.74. The maximum atomic E-state index is 12.0. The Morgan fingerprint density at radius 2 is 2.11 bits per heavy atom. The van der Waals surface area contributed by atoms with E-state index in [0.29, 0.717) is 16.0 Å². The molecule has 0 amide bonds. The number of anilines is 1. The number of hydrogen-bond acceptors (Lipinski definition) is 6. The Balaban J connectivity index is 1.81. The molecule has 0 unspecified atom stereocenters. The zero-order valence-electron chi connectivity index (χ0n) is 10.1. The molecular formula is C11H12ClN5OS. The predicted octanol–water partition coefficient (Wildman–Crippen LogP) is 1.40. The van der Waals surface area contributed by atoms with Gasteiger partial charge in [0, 0.05) is 19.2 Å². The lowest BCUT2D eigenvalue weighted by atomic mass is 10.4. The van der Waals surface area contributed by atoms with E-state index in [1.165, 1.54) is 28.9 Å². The molecule has 3 rings (SSSR count). The summed E-state index contributed by atoms with van der Waals surface area (Å²) in [4.78, 5) is 14.2. The van der Waals surface area contributed by atoms with Crippen molar-refractivity contribution in [2.45, 2.75) is 19.4 Å². The fourth-order valence-electron chi connectivity index (χ4n) is 2.12. The smallest absolute Gasteiger partial charge is 0.269 e. The lowest BCUT2D eigenvalue weighted by Gasteiger charge is -2.16. The van der Waals surface area contributed by atoms with Crippen LogP contribution in [0.5, 0.6) is 0 Å². The standard InChI is InChI=1S/C11H12ClN5OS/c12-11-15-14-9(19-11)7-17-10(18)5-8(6-13-17)16-3-1-2-4-16/h5-6H,1-4,7H2. The average molecular weight is 298 g/mol. The average Bonchev–Trinajstić information content (AvgIpc) is 3.03. The van der Waals surface area contributed by atoms with Gasteiger partial charge >= 0.3 is 0 Å². The Kier molecular flexibility index (Phi) is 3.48. The SMILES string of the molecule is O=c1cc(N2CCCC2)cnn1Cc1nnc(Cl)s1. The van der Waals surface area contributed by atoms with Crippen LogP contribution in [-0.4, -0.2) is 33.1 Å². The van der Waals surface area contributed by atoms with E-state index in [1.54, 1.807) is 12.3 Å². The quantitative estimate of drug-likeness (QED) is 0.857. The molecule has 8 heteroatoms. The third kappa shape index (κ3) is 2.76. The Bertz CT molecular complexity index is 634. The minimum atomic E-state index is -0.129. The largest absolute Gasteiger partial charge is 0.370 e. The zero-order chi connectivity index (χ0) is 13.2. The van der Waals surface area contributed by atoms with E-state index in [1.807, 2.05) is 0 Å². The second-order valence-corrected chi connectivity index (χ2v) is 6.00. The first kappa shape index (κ1) is 12.6. The summed E-state index contributed by atoms with van der Waals surface area (Å²) >= 11 is 6.96. The van der Waals surface area contributed by atoms with Crippen molar-refractivity contribution >= 4 is 28.6 Å². The molecule has 100 valence electrons. The summed E-state index contributed by atoms with van der Waals surface area (Å²) in [7, 11) is 0. The Labute approximate surface area is 118 Å². The highest BCUT2D eigenvalue weighted by molar-refractivity contribution is 7.15. The molecule has 19 heavy (non-hydrogen) atoms. The molecule has 0 atom stereocenters. The molecule has 6 nitrogen and oxygen atoms in total. The second kappa shape index (κ2) is 5.26. The molecule has 0 aliphatic carbocycles. The summed E-state index contributed by atoms with van der Waals surface area (Å²) in [6, 6.07) is 1.63. The van der Waals surface area contributed by atoms with E-state index in [-0.39, 0.29) is 5.56 Å². The lowest BCUT2D eigenvalue weighted by Crippen LogP contribution is -2.26. The van der Waals surface area contributed by atoms with Gasteiger partial charge in [0.05, 0.1) is 18.4 Å². The molecule has 0 radical (unpaired) electrons. The van der Waals surface area contributed by atoms with E-state index in [2.05, 4.69) is 20.2 Å². The first-order valence-corrected chi connectivity index (χ1v) is 7.22. The van der Waals surface area contributed by atoms with Crippen LogP contribution in [0.15, 0.2) is 17.1 Å². The third-order valence-electron chi connectivity index (χ3n) is 3.05. The Hall–Kier alpha value is -1.47. The molecule has 0 saturated carbocycles. The molecule has 3 heterocycles. The van der Waals surface area contributed by atoms with E-state index >= 15 is 0 Å². The van der Waals surface area contributed by atoms with Gasteiger partial charge < -0.3 is 4.90 Å². The van der Waals surface area contributed by atoms with Crippen molar-refractivity contribution in [3.05, 3.63) is 32.1 Å². The van der Waals surface area contributed by atoms with E-state index < -0.39 is 0 Å². The van der Waals surface area contributed by atoms with Crippen molar-refractivity contribution in [3.63, 3.8) is 0 Å². The van der Waals surface area contributed by atoms with Gasteiger partial charge in [0.25, 0.3) is 5.56 Å². The zero-order valence-corrected chi connectivity index (χ0v) is 11.7. The lowest BCUT2D eigenvalue weighted by molar-refractivity contribution is 0.630. The minimum absolute atomic E-state index is 0.129. The van der Waals surface area contributed by atoms with Crippen molar-refractivity contribution in [1.82, 2.24) is 20.0 Å². The molecular weight excluding hydrogens is 286 g/mol. The molecule has 1 aliphatic rings. The van der Waals surface area contributed by atoms with Gasteiger partial charge in [-0.1, -0.05) is 11.3 Å². The summed E-state index contributed by atoms with van der Waals surface area (Å²) in [6.45, 7) is 2.30. The van der Waals surface area contributed by atoms with Crippen molar-refractivity contribution < 1.29 is 0 Å². The normalized spacial score (nSPS) is 15.1. The minimum Gasteiger partial charge on any atom is -0.370 e. The van der Waals surface area contributed by atoms with Gasteiger partial charge in [-0.15, -0.1) is 10.2 Å². The van der Waals surface area contributed by atoms with Crippen molar-refractivity contribution in [2.75, 3.05) is 18.0 Å². The first-order valence-electron chi connectivity index (χ1n) is 6.02. The molecule has 1 aliphatic heterocycles. The molecule has 2 aromatic heterocycles. The molecule has 2 aromatic rings. The fraction of sp³-hybridized carbons (Fsp3) is 0.455. The maximum Gasteiger partial charge on any atom is 0.269 e. The predicted molar refractivity (Wildman–Crippen MR) is 74.0 cm³/mol. The highest BCUT2D eigenvalue weighted by Gasteiger charge is 2.14. The molecule has 1 fully saturated rings. The monoisotopic (exact) mass is 297 g/mol. The summed E-state index contributed by atoms with van der Waals surface area (Å²) in [5.41, 5.74) is 0.768. The van der Waals surface area contributed by atoms with Crippen LogP contribution in [0.25, 0.3) is 0 Å². The molecule has 0 aromatic carbocycles. The summed E-state index contributed by atoms with van der Waals surface area (Å²) in [5.74, 6) is 0. The van der Waals surface area contributed by atoms with Crippen LogP contribution >= 0.6 is 22.9 Å². The summed E-state index contributed by atoms with van der Waals surface area (Å²) in [5, 5.41) is 12.4. The highest BCUT2D eigenvalue weighted by atomic mass is 35.5. The van der Waals surface area contributed by atoms with Crippen LogP contribution < -0.4 is 10.5 Å². The summed E-state index contributed by atoms with van der Waals surface area (Å²) in [6.07, 6.45) is 4.08. The molecule has 0 N–H and O–H groups in total. The van der Waals surface area contributed by atoms with Crippen molar-refractivity contribution in [1.29, 1.82) is 0 Å². The van der Waals surface area contributed by atoms with Gasteiger partial charge in [-0.2, -0.15) is 5.10 Å². The van der Waals surface area contributed by atoms with Crippen molar-refractivity contribution in [2.24, 2.45) is 0 Å². The number of halogens is 1. The van der Waals surface area contributed by atoms with Crippen LogP contribution in [0.2, 0.25) is 4.47 Å². The van der Waals surface area contributed by atoms with Gasteiger partial charge in [0.1, 0.15) is 5.01 Å². The maximum absolute atomic E-state index is 12.0. The van der Waals surface area contributed by atoms with Crippen molar-refractivity contribution in [3.8, 4) is 0 Å². The number of hydrogen-bond donors (Lipinski definition) is 0. The molecule has 1 saturated heterocycles. The van der Waals surface area contributed by atoms with Crippen LogP contribution in [0.1, 0.15) is 17.8 Å². The van der Waals surface area contributed by atoms with Crippen LogP contribution in [0, 0.1) is 0 Å². The number of aromatic nitrogens is 4. The topological polar surface area (TPSA) is 63.9 Å². The van der Waals surface area contributed by atoms with Crippen LogP contribution in [-0.2, 0) is 6.54 Å². The first-order chi connectivity index (χ1) is 9.22. The van der Waals surface area contributed by atoms with Gasteiger partial charge in [-0.25, -0.2) is 4.68 Å². The van der Waals surface area contributed by atoms with Gasteiger partial charge in [-0.3, -0.25) is 4.79 Å².